The summed E-state index contributed by atoms with van der Waals surface area (Å²) < 4.78 is 5.09. The highest BCUT2D eigenvalue weighted by Crippen LogP contribution is 2.14. The van der Waals surface area contributed by atoms with Crippen LogP contribution in [0.4, 0.5) is 5.69 Å². The van der Waals surface area contributed by atoms with Crippen molar-refractivity contribution in [3.8, 4) is 5.75 Å². The van der Waals surface area contributed by atoms with E-state index in [-0.39, 0.29) is 11.8 Å². The van der Waals surface area contributed by atoms with E-state index < -0.39 is 0 Å². The molecule has 0 spiro atoms. The molecule has 0 heterocycles. The summed E-state index contributed by atoms with van der Waals surface area (Å²) in [5.74, 6) is 0.219. The Labute approximate surface area is 169 Å². The van der Waals surface area contributed by atoms with Crippen molar-refractivity contribution in [2.24, 2.45) is 5.10 Å². The molecule has 3 rings (SSSR count). The Morgan fingerprint density at radius 3 is 2.24 bits per heavy atom. The van der Waals surface area contributed by atoms with Crippen molar-refractivity contribution in [2.45, 2.75) is 6.92 Å². The normalized spacial score (nSPS) is 10.6. The molecule has 6 heteroatoms. The summed E-state index contributed by atoms with van der Waals surface area (Å²) >= 11 is 0. The summed E-state index contributed by atoms with van der Waals surface area (Å²) in [5.41, 5.74) is 5.87. The quantitative estimate of drug-likeness (QED) is 0.495. The van der Waals surface area contributed by atoms with E-state index in [1.165, 1.54) is 0 Å². The van der Waals surface area contributed by atoms with Gasteiger partial charge in [0.2, 0.25) is 0 Å². The van der Waals surface area contributed by atoms with Crippen LogP contribution >= 0.6 is 0 Å². The van der Waals surface area contributed by atoms with Crippen LogP contribution in [-0.2, 0) is 0 Å². The van der Waals surface area contributed by atoms with Gasteiger partial charge in [-0.25, -0.2) is 5.43 Å². The van der Waals surface area contributed by atoms with Gasteiger partial charge in [0.25, 0.3) is 11.8 Å². The van der Waals surface area contributed by atoms with E-state index in [0.717, 1.165) is 16.9 Å². The van der Waals surface area contributed by atoms with Crippen molar-refractivity contribution in [1.29, 1.82) is 0 Å². The van der Waals surface area contributed by atoms with Crippen LogP contribution in [0, 0.1) is 6.92 Å². The number of ether oxygens (including phenoxy) is 1. The number of hydrogen-bond acceptors (Lipinski definition) is 4. The Bertz CT molecular complexity index is 1030. The molecule has 0 aliphatic heterocycles. The predicted octanol–water partition coefficient (Wildman–Crippen LogP) is 4.02. The van der Waals surface area contributed by atoms with Crippen LogP contribution in [0.15, 0.2) is 77.9 Å². The second-order valence-electron chi connectivity index (χ2n) is 6.32. The number of rotatable bonds is 6. The first-order chi connectivity index (χ1) is 14.1. The SMILES string of the molecule is COc1ccc(C=NNC(=O)c2ccc(NC(=O)c3ccccc3C)cc2)cc1. The van der Waals surface area contributed by atoms with E-state index in [1.807, 2.05) is 49.4 Å². The van der Waals surface area contributed by atoms with Gasteiger partial charge >= 0.3 is 0 Å². The van der Waals surface area contributed by atoms with E-state index in [0.29, 0.717) is 16.8 Å². The molecule has 146 valence electrons. The van der Waals surface area contributed by atoms with Crippen molar-refractivity contribution in [3.63, 3.8) is 0 Å². The fourth-order valence-corrected chi connectivity index (χ4v) is 2.65. The molecule has 0 saturated carbocycles. The minimum Gasteiger partial charge on any atom is -0.497 e. The largest absolute Gasteiger partial charge is 0.497 e. The molecule has 0 aliphatic rings. The number of carbonyl (C=O) groups is 2. The summed E-state index contributed by atoms with van der Waals surface area (Å²) in [6.07, 6.45) is 1.55. The van der Waals surface area contributed by atoms with Crippen LogP contribution in [-0.4, -0.2) is 25.1 Å². The lowest BCUT2D eigenvalue weighted by Crippen LogP contribution is -2.18. The number of aryl methyl sites for hydroxylation is 1. The molecule has 3 aromatic carbocycles. The zero-order valence-electron chi connectivity index (χ0n) is 16.2. The molecule has 2 amide bonds. The zero-order chi connectivity index (χ0) is 20.6. The molecule has 3 aromatic rings. The number of nitrogens with zero attached hydrogens (tertiary/aromatic N) is 1. The van der Waals surface area contributed by atoms with Gasteiger partial charge in [0, 0.05) is 16.8 Å². The van der Waals surface area contributed by atoms with Crippen LogP contribution < -0.4 is 15.5 Å². The Morgan fingerprint density at radius 1 is 0.897 bits per heavy atom. The molecular weight excluding hydrogens is 366 g/mol. The average Bonchev–Trinajstić information content (AvgIpc) is 2.75. The van der Waals surface area contributed by atoms with Crippen molar-refractivity contribution in [3.05, 3.63) is 95.1 Å². The number of amides is 2. The molecule has 0 bridgehead atoms. The summed E-state index contributed by atoms with van der Waals surface area (Å²) in [7, 11) is 1.60. The summed E-state index contributed by atoms with van der Waals surface area (Å²) in [6.45, 7) is 1.88. The Hall–Kier alpha value is -3.93. The molecule has 29 heavy (non-hydrogen) atoms. The minimum absolute atomic E-state index is 0.190. The summed E-state index contributed by atoms with van der Waals surface area (Å²) in [4.78, 5) is 24.6. The molecule has 0 atom stereocenters. The van der Waals surface area contributed by atoms with Gasteiger partial charge in [-0.2, -0.15) is 5.10 Å². The fraction of sp³-hybridized carbons (Fsp3) is 0.0870. The lowest BCUT2D eigenvalue weighted by atomic mass is 10.1. The van der Waals surface area contributed by atoms with Crippen molar-refractivity contribution < 1.29 is 14.3 Å². The molecular formula is C23H21N3O3. The smallest absolute Gasteiger partial charge is 0.271 e. The zero-order valence-corrected chi connectivity index (χ0v) is 16.2. The van der Waals surface area contributed by atoms with E-state index in [2.05, 4.69) is 15.8 Å². The van der Waals surface area contributed by atoms with Crippen LogP contribution in [0.2, 0.25) is 0 Å². The number of carbonyl (C=O) groups excluding carboxylic acids is 2. The molecule has 6 nitrogen and oxygen atoms in total. The third-order valence-corrected chi connectivity index (χ3v) is 4.29. The fourth-order valence-electron chi connectivity index (χ4n) is 2.65. The van der Waals surface area contributed by atoms with E-state index in [4.69, 9.17) is 4.74 Å². The molecule has 0 fully saturated rings. The van der Waals surface area contributed by atoms with Crippen molar-refractivity contribution in [2.75, 3.05) is 12.4 Å². The third-order valence-electron chi connectivity index (χ3n) is 4.29. The van der Waals surface area contributed by atoms with E-state index in [9.17, 15) is 9.59 Å². The maximum absolute atomic E-state index is 12.4. The first-order valence-electron chi connectivity index (χ1n) is 9.01. The average molecular weight is 387 g/mol. The van der Waals surface area contributed by atoms with Crippen LogP contribution in [0.5, 0.6) is 5.75 Å². The van der Waals surface area contributed by atoms with Crippen LogP contribution in [0.25, 0.3) is 0 Å². The van der Waals surface area contributed by atoms with Gasteiger partial charge in [0.15, 0.2) is 0 Å². The predicted molar refractivity (Wildman–Crippen MR) is 114 cm³/mol. The first-order valence-corrected chi connectivity index (χ1v) is 9.01. The van der Waals surface area contributed by atoms with Crippen molar-refractivity contribution in [1.82, 2.24) is 5.43 Å². The Kier molecular flexibility index (Phi) is 6.37. The molecule has 0 saturated heterocycles. The first kappa shape index (κ1) is 19.8. The number of nitrogens with one attached hydrogen (secondary N) is 2. The Morgan fingerprint density at radius 2 is 1.59 bits per heavy atom. The summed E-state index contributed by atoms with van der Waals surface area (Å²) in [5, 5.41) is 6.79. The molecule has 2 N–H and O–H groups in total. The highest BCUT2D eigenvalue weighted by molar-refractivity contribution is 6.05. The number of hydrazone groups is 1. The van der Waals surface area contributed by atoms with Gasteiger partial charge < -0.3 is 10.1 Å². The van der Waals surface area contributed by atoms with Gasteiger partial charge in [-0.15, -0.1) is 0 Å². The third kappa shape index (κ3) is 5.29. The van der Waals surface area contributed by atoms with E-state index >= 15 is 0 Å². The Balaban J connectivity index is 1.57. The van der Waals surface area contributed by atoms with E-state index in [1.54, 1.807) is 43.7 Å². The van der Waals surface area contributed by atoms with Crippen LogP contribution in [0.1, 0.15) is 31.8 Å². The number of hydrogen-bond donors (Lipinski definition) is 2. The highest BCUT2D eigenvalue weighted by atomic mass is 16.5. The number of anilines is 1. The van der Waals surface area contributed by atoms with Crippen molar-refractivity contribution >= 4 is 23.7 Å². The second-order valence-corrected chi connectivity index (χ2v) is 6.32. The topological polar surface area (TPSA) is 79.8 Å². The molecule has 0 aliphatic carbocycles. The number of benzene rings is 3. The standard InChI is InChI=1S/C23H21N3O3/c1-16-5-3-4-6-21(16)23(28)25-19-11-9-18(10-12-19)22(27)26-24-15-17-7-13-20(29-2)14-8-17/h3-15H,1-2H3,(H,25,28)(H,26,27). The maximum Gasteiger partial charge on any atom is 0.271 e. The highest BCUT2D eigenvalue weighted by Gasteiger charge is 2.09. The van der Waals surface area contributed by atoms with Gasteiger partial charge in [-0.3, -0.25) is 9.59 Å². The van der Waals surface area contributed by atoms with Gasteiger partial charge in [0.1, 0.15) is 5.75 Å². The van der Waals surface area contributed by atoms with Gasteiger partial charge in [-0.05, 0) is 72.6 Å². The lowest BCUT2D eigenvalue weighted by molar-refractivity contribution is 0.0954. The number of methoxy groups -OCH3 is 1. The molecule has 0 aromatic heterocycles. The second kappa shape index (κ2) is 9.32. The minimum atomic E-state index is -0.341. The van der Waals surface area contributed by atoms with Gasteiger partial charge in [-0.1, -0.05) is 18.2 Å². The molecule has 0 radical (unpaired) electrons. The lowest BCUT2D eigenvalue weighted by Gasteiger charge is -2.08. The maximum atomic E-state index is 12.4. The van der Waals surface area contributed by atoms with Gasteiger partial charge in [0.05, 0.1) is 13.3 Å². The summed E-state index contributed by atoms with van der Waals surface area (Å²) in [6, 6.07) is 21.3. The molecule has 0 unspecified atom stereocenters. The van der Waals surface area contributed by atoms with Crippen LogP contribution in [0.3, 0.4) is 0 Å². The monoisotopic (exact) mass is 387 g/mol.